The second kappa shape index (κ2) is 5.32. The first kappa shape index (κ1) is 13.0. The highest BCUT2D eigenvalue weighted by Gasteiger charge is 2.25. The first-order chi connectivity index (χ1) is 7.51. The fourth-order valence-corrected chi connectivity index (χ4v) is 1.60. The second-order valence-corrected chi connectivity index (χ2v) is 4.62. The third-order valence-corrected chi connectivity index (χ3v) is 3.26. The zero-order valence-electron chi connectivity index (χ0n) is 10.7. The smallest absolute Gasteiger partial charge is 0.118 e. The van der Waals surface area contributed by atoms with Gasteiger partial charge in [0.15, 0.2) is 0 Å². The Hall–Kier alpha value is -1.06. The lowest BCUT2D eigenvalue weighted by Gasteiger charge is -2.35. The van der Waals surface area contributed by atoms with Crippen LogP contribution in [0.1, 0.15) is 12.5 Å². The summed E-state index contributed by atoms with van der Waals surface area (Å²) >= 11 is 0. The lowest BCUT2D eigenvalue weighted by atomic mass is 9.92. The van der Waals surface area contributed by atoms with Gasteiger partial charge in [0.25, 0.3) is 0 Å². The molecule has 0 saturated carbocycles. The van der Waals surface area contributed by atoms with Crippen LogP contribution in [0.25, 0.3) is 0 Å². The van der Waals surface area contributed by atoms with Crippen LogP contribution >= 0.6 is 0 Å². The molecule has 16 heavy (non-hydrogen) atoms. The summed E-state index contributed by atoms with van der Waals surface area (Å²) < 4.78 is 5.14. The highest BCUT2D eigenvalue weighted by molar-refractivity contribution is 5.28. The van der Waals surface area contributed by atoms with E-state index in [9.17, 15) is 0 Å². The Morgan fingerprint density at radius 1 is 1.25 bits per heavy atom. The van der Waals surface area contributed by atoms with E-state index in [0.29, 0.717) is 6.54 Å². The highest BCUT2D eigenvalue weighted by Crippen LogP contribution is 2.19. The molecular formula is C13H22N2O. The van der Waals surface area contributed by atoms with Crippen molar-refractivity contribution in [2.75, 3.05) is 27.7 Å². The van der Waals surface area contributed by atoms with Crippen LogP contribution in [0.2, 0.25) is 0 Å². The zero-order chi connectivity index (χ0) is 12.2. The number of ether oxygens (including phenoxy) is 1. The van der Waals surface area contributed by atoms with Gasteiger partial charge in [0.1, 0.15) is 5.75 Å². The van der Waals surface area contributed by atoms with E-state index in [2.05, 4.69) is 38.1 Å². The molecule has 0 spiro atoms. The minimum Gasteiger partial charge on any atom is -0.497 e. The molecule has 0 aliphatic rings. The topological polar surface area (TPSA) is 38.5 Å². The fourth-order valence-electron chi connectivity index (χ4n) is 1.60. The molecule has 0 aliphatic heterocycles. The Kier molecular flexibility index (Phi) is 4.33. The van der Waals surface area contributed by atoms with E-state index in [1.807, 2.05) is 12.1 Å². The molecular weight excluding hydrogens is 200 g/mol. The number of benzene rings is 1. The summed E-state index contributed by atoms with van der Waals surface area (Å²) in [6, 6.07) is 8.16. The van der Waals surface area contributed by atoms with Gasteiger partial charge in [-0.2, -0.15) is 0 Å². The SMILES string of the molecule is COc1ccc(CC(C)(CN)N(C)C)cc1. The molecule has 1 rings (SSSR count). The molecule has 0 saturated heterocycles. The minimum absolute atomic E-state index is 0.00852. The second-order valence-electron chi connectivity index (χ2n) is 4.62. The highest BCUT2D eigenvalue weighted by atomic mass is 16.5. The van der Waals surface area contributed by atoms with Gasteiger partial charge < -0.3 is 15.4 Å². The lowest BCUT2D eigenvalue weighted by molar-refractivity contribution is 0.181. The van der Waals surface area contributed by atoms with Gasteiger partial charge in [0.2, 0.25) is 0 Å². The van der Waals surface area contributed by atoms with Crippen LogP contribution in [-0.4, -0.2) is 38.2 Å². The number of hydrogen-bond donors (Lipinski definition) is 1. The van der Waals surface area contributed by atoms with Gasteiger partial charge in [-0.1, -0.05) is 12.1 Å². The minimum atomic E-state index is 0.00852. The summed E-state index contributed by atoms with van der Waals surface area (Å²) in [5.41, 5.74) is 7.13. The molecule has 1 aromatic carbocycles. The van der Waals surface area contributed by atoms with Crippen molar-refractivity contribution in [2.24, 2.45) is 5.73 Å². The normalized spacial score (nSPS) is 14.9. The van der Waals surface area contributed by atoms with Gasteiger partial charge >= 0.3 is 0 Å². The largest absolute Gasteiger partial charge is 0.497 e. The Morgan fingerprint density at radius 3 is 2.19 bits per heavy atom. The van der Waals surface area contributed by atoms with E-state index in [4.69, 9.17) is 10.5 Å². The predicted molar refractivity (Wildman–Crippen MR) is 67.8 cm³/mol. The van der Waals surface area contributed by atoms with Crippen LogP contribution in [0.15, 0.2) is 24.3 Å². The molecule has 0 bridgehead atoms. The molecule has 90 valence electrons. The summed E-state index contributed by atoms with van der Waals surface area (Å²) in [6.45, 7) is 2.82. The summed E-state index contributed by atoms with van der Waals surface area (Å²) in [5, 5.41) is 0. The molecule has 1 unspecified atom stereocenters. The average molecular weight is 222 g/mol. The maximum absolute atomic E-state index is 5.85. The van der Waals surface area contributed by atoms with Crippen molar-refractivity contribution in [3.05, 3.63) is 29.8 Å². The molecule has 0 aliphatic carbocycles. The summed E-state index contributed by atoms with van der Waals surface area (Å²) in [5.74, 6) is 0.892. The summed E-state index contributed by atoms with van der Waals surface area (Å²) in [4.78, 5) is 2.18. The van der Waals surface area contributed by atoms with Crippen molar-refractivity contribution < 1.29 is 4.74 Å². The quantitative estimate of drug-likeness (QED) is 0.821. The van der Waals surface area contributed by atoms with Crippen molar-refractivity contribution in [2.45, 2.75) is 18.9 Å². The van der Waals surface area contributed by atoms with E-state index in [0.717, 1.165) is 12.2 Å². The Labute approximate surface area is 98.2 Å². The molecule has 1 atom stereocenters. The van der Waals surface area contributed by atoms with Crippen LogP contribution < -0.4 is 10.5 Å². The van der Waals surface area contributed by atoms with Gasteiger partial charge in [-0.15, -0.1) is 0 Å². The van der Waals surface area contributed by atoms with Crippen LogP contribution in [-0.2, 0) is 6.42 Å². The van der Waals surface area contributed by atoms with Crippen molar-refractivity contribution in [1.29, 1.82) is 0 Å². The van der Waals surface area contributed by atoms with Crippen molar-refractivity contribution in [1.82, 2.24) is 4.90 Å². The molecule has 0 radical (unpaired) electrons. The van der Waals surface area contributed by atoms with Gasteiger partial charge in [-0.05, 0) is 45.1 Å². The maximum Gasteiger partial charge on any atom is 0.118 e. The molecule has 0 heterocycles. The summed E-state index contributed by atoms with van der Waals surface area (Å²) in [7, 11) is 5.81. The van der Waals surface area contributed by atoms with Crippen molar-refractivity contribution in [3.8, 4) is 5.75 Å². The number of hydrogen-bond acceptors (Lipinski definition) is 3. The maximum atomic E-state index is 5.85. The first-order valence-corrected chi connectivity index (χ1v) is 5.52. The van der Waals surface area contributed by atoms with Gasteiger partial charge in [0, 0.05) is 12.1 Å². The number of methoxy groups -OCH3 is 1. The molecule has 3 nitrogen and oxygen atoms in total. The molecule has 2 N–H and O–H groups in total. The number of nitrogens with two attached hydrogens (primary N) is 1. The zero-order valence-corrected chi connectivity index (χ0v) is 10.7. The van der Waals surface area contributed by atoms with E-state index < -0.39 is 0 Å². The van der Waals surface area contributed by atoms with Gasteiger partial charge in [0.05, 0.1) is 7.11 Å². The van der Waals surface area contributed by atoms with Crippen LogP contribution in [0.5, 0.6) is 5.75 Å². The predicted octanol–water partition coefficient (Wildman–Crippen LogP) is 1.52. The third-order valence-electron chi connectivity index (χ3n) is 3.26. The summed E-state index contributed by atoms with van der Waals surface area (Å²) in [6.07, 6.45) is 0.945. The molecule has 0 fully saturated rings. The average Bonchev–Trinajstić information content (AvgIpc) is 2.29. The van der Waals surface area contributed by atoms with E-state index >= 15 is 0 Å². The Balaban J connectivity index is 2.78. The van der Waals surface area contributed by atoms with Crippen LogP contribution in [0, 0.1) is 0 Å². The standard InChI is InChI=1S/C13H22N2O/c1-13(10-14,15(2)3)9-11-5-7-12(16-4)8-6-11/h5-8H,9-10,14H2,1-4H3. The van der Waals surface area contributed by atoms with Crippen molar-refractivity contribution in [3.63, 3.8) is 0 Å². The number of rotatable bonds is 5. The molecule has 1 aromatic rings. The lowest BCUT2D eigenvalue weighted by Crippen LogP contribution is -2.49. The van der Waals surface area contributed by atoms with E-state index in [1.165, 1.54) is 5.56 Å². The van der Waals surface area contributed by atoms with E-state index in [1.54, 1.807) is 7.11 Å². The van der Waals surface area contributed by atoms with Gasteiger partial charge in [-0.25, -0.2) is 0 Å². The first-order valence-electron chi connectivity index (χ1n) is 5.52. The molecule has 0 aromatic heterocycles. The number of likely N-dealkylation sites (N-methyl/N-ethyl adjacent to an activating group) is 1. The number of nitrogens with zero attached hydrogens (tertiary/aromatic N) is 1. The third kappa shape index (κ3) is 2.97. The van der Waals surface area contributed by atoms with Gasteiger partial charge in [-0.3, -0.25) is 0 Å². The Morgan fingerprint density at radius 2 is 1.81 bits per heavy atom. The fraction of sp³-hybridized carbons (Fsp3) is 0.538. The van der Waals surface area contributed by atoms with E-state index in [-0.39, 0.29) is 5.54 Å². The van der Waals surface area contributed by atoms with Crippen LogP contribution in [0.3, 0.4) is 0 Å². The van der Waals surface area contributed by atoms with Crippen LogP contribution in [0.4, 0.5) is 0 Å². The monoisotopic (exact) mass is 222 g/mol. The van der Waals surface area contributed by atoms with Crippen molar-refractivity contribution >= 4 is 0 Å². The molecule has 0 amide bonds. The Bertz CT molecular complexity index is 321. The molecule has 3 heteroatoms.